The Hall–Kier alpha value is -0.0800. The molecule has 0 aromatic heterocycles. The fraction of sp³-hybridized carbons (Fsp3) is 1.00. The molecular weight excluding hydrogens is 140 g/mol. The van der Waals surface area contributed by atoms with Gasteiger partial charge in [-0.1, -0.05) is 0 Å². The molecule has 2 bridgehead atoms. The van der Waals surface area contributed by atoms with Crippen molar-refractivity contribution in [1.82, 2.24) is 0 Å². The highest BCUT2D eigenvalue weighted by atomic mass is 16.7. The lowest BCUT2D eigenvalue weighted by atomic mass is 9.63. The van der Waals surface area contributed by atoms with Crippen LogP contribution in [0.4, 0.5) is 0 Å². The van der Waals surface area contributed by atoms with Gasteiger partial charge in [0.1, 0.15) is 0 Å². The van der Waals surface area contributed by atoms with Gasteiger partial charge in [-0.15, -0.1) is 0 Å². The molecule has 1 saturated heterocycles. The Kier molecular flexibility index (Phi) is 1.16. The number of rotatable bonds is 0. The molecule has 11 heavy (non-hydrogen) atoms. The Balaban J connectivity index is 1.78. The molecule has 2 heteroatoms. The monoisotopic (exact) mass is 154 g/mol. The third-order valence-corrected chi connectivity index (χ3v) is 3.35. The zero-order valence-corrected chi connectivity index (χ0v) is 6.71. The summed E-state index contributed by atoms with van der Waals surface area (Å²) in [5.41, 5.74) is 0. The topological polar surface area (TPSA) is 18.5 Å². The molecule has 0 N–H and O–H groups in total. The molecule has 1 heterocycles. The lowest BCUT2D eigenvalue weighted by Crippen LogP contribution is -2.46. The van der Waals surface area contributed by atoms with Crippen LogP contribution in [-0.2, 0) is 9.47 Å². The van der Waals surface area contributed by atoms with Crippen LogP contribution >= 0.6 is 0 Å². The van der Waals surface area contributed by atoms with Crippen LogP contribution in [0.2, 0.25) is 0 Å². The van der Waals surface area contributed by atoms with E-state index in [1.807, 2.05) is 0 Å². The lowest BCUT2D eigenvalue weighted by Gasteiger charge is -2.49. The standard InChI is InChI=1S/C9H14O2/c1-2-11-9(10-1)5-7-3-8(4-7)6-9/h7-8H,1-6H2. The molecule has 0 aromatic carbocycles. The van der Waals surface area contributed by atoms with Gasteiger partial charge in [0.25, 0.3) is 0 Å². The first kappa shape index (κ1) is 6.44. The number of hydrogen-bond acceptors (Lipinski definition) is 2. The molecule has 0 aromatic rings. The Morgan fingerprint density at radius 2 is 1.45 bits per heavy atom. The molecule has 1 aliphatic heterocycles. The van der Waals surface area contributed by atoms with Gasteiger partial charge in [-0.2, -0.15) is 0 Å². The summed E-state index contributed by atoms with van der Waals surface area (Å²) in [6.07, 6.45) is 5.22. The van der Waals surface area contributed by atoms with E-state index in [0.717, 1.165) is 25.0 Å². The van der Waals surface area contributed by atoms with E-state index in [1.165, 1.54) is 25.7 Å². The van der Waals surface area contributed by atoms with Gasteiger partial charge in [0, 0.05) is 12.8 Å². The van der Waals surface area contributed by atoms with E-state index in [4.69, 9.17) is 9.47 Å². The van der Waals surface area contributed by atoms with Crippen molar-refractivity contribution in [3.8, 4) is 0 Å². The van der Waals surface area contributed by atoms with Crippen molar-refractivity contribution in [2.24, 2.45) is 11.8 Å². The first-order valence-corrected chi connectivity index (χ1v) is 4.64. The summed E-state index contributed by atoms with van der Waals surface area (Å²) in [6.45, 7) is 1.64. The van der Waals surface area contributed by atoms with Crippen LogP contribution in [0.5, 0.6) is 0 Å². The molecule has 3 saturated carbocycles. The third kappa shape index (κ3) is 0.859. The number of hydrogen-bond donors (Lipinski definition) is 0. The zero-order chi connectivity index (χ0) is 7.31. The summed E-state index contributed by atoms with van der Waals surface area (Å²) in [5, 5.41) is 0. The summed E-state index contributed by atoms with van der Waals surface area (Å²) in [6, 6.07) is 0. The maximum atomic E-state index is 5.66. The molecule has 4 fully saturated rings. The van der Waals surface area contributed by atoms with Crippen molar-refractivity contribution in [2.45, 2.75) is 31.5 Å². The molecule has 0 unspecified atom stereocenters. The van der Waals surface area contributed by atoms with Crippen LogP contribution < -0.4 is 0 Å². The van der Waals surface area contributed by atoms with Crippen LogP contribution in [-0.4, -0.2) is 19.0 Å². The predicted molar refractivity (Wildman–Crippen MR) is 40.1 cm³/mol. The van der Waals surface area contributed by atoms with E-state index in [2.05, 4.69) is 0 Å². The Bertz CT molecular complexity index is 154. The van der Waals surface area contributed by atoms with E-state index >= 15 is 0 Å². The highest BCUT2D eigenvalue weighted by Gasteiger charge is 2.50. The molecule has 4 rings (SSSR count). The first-order chi connectivity index (χ1) is 5.36. The molecule has 4 aliphatic rings. The van der Waals surface area contributed by atoms with Crippen molar-refractivity contribution in [1.29, 1.82) is 0 Å². The van der Waals surface area contributed by atoms with Gasteiger partial charge >= 0.3 is 0 Å². The van der Waals surface area contributed by atoms with E-state index < -0.39 is 0 Å². The van der Waals surface area contributed by atoms with Gasteiger partial charge in [-0.25, -0.2) is 0 Å². The van der Waals surface area contributed by atoms with Gasteiger partial charge in [0.05, 0.1) is 13.2 Å². The van der Waals surface area contributed by atoms with Crippen LogP contribution in [0.25, 0.3) is 0 Å². The molecule has 62 valence electrons. The van der Waals surface area contributed by atoms with Gasteiger partial charge in [0.2, 0.25) is 0 Å². The maximum absolute atomic E-state index is 5.66. The summed E-state index contributed by atoms with van der Waals surface area (Å²) < 4.78 is 11.3. The van der Waals surface area contributed by atoms with E-state index in [1.54, 1.807) is 0 Å². The first-order valence-electron chi connectivity index (χ1n) is 4.64. The van der Waals surface area contributed by atoms with E-state index in [9.17, 15) is 0 Å². The quantitative estimate of drug-likeness (QED) is 0.527. The Morgan fingerprint density at radius 3 is 2.00 bits per heavy atom. The average Bonchev–Trinajstić information content (AvgIpc) is 2.35. The van der Waals surface area contributed by atoms with Crippen LogP contribution in [0, 0.1) is 11.8 Å². The van der Waals surface area contributed by atoms with Crippen molar-refractivity contribution in [3.63, 3.8) is 0 Å². The van der Waals surface area contributed by atoms with E-state index in [-0.39, 0.29) is 5.79 Å². The normalized spacial score (nSPS) is 45.8. The Morgan fingerprint density at radius 1 is 0.909 bits per heavy atom. The van der Waals surface area contributed by atoms with Crippen LogP contribution in [0.1, 0.15) is 25.7 Å². The minimum Gasteiger partial charge on any atom is -0.348 e. The fourth-order valence-corrected chi connectivity index (χ4v) is 2.90. The predicted octanol–water partition coefficient (Wildman–Crippen LogP) is 1.55. The Labute approximate surface area is 66.9 Å². The summed E-state index contributed by atoms with van der Waals surface area (Å²) in [5.74, 6) is 1.74. The molecule has 0 atom stereocenters. The maximum Gasteiger partial charge on any atom is 0.169 e. The second-order valence-corrected chi connectivity index (χ2v) is 4.22. The van der Waals surface area contributed by atoms with E-state index in [0.29, 0.717) is 0 Å². The lowest BCUT2D eigenvalue weighted by molar-refractivity contribution is -0.222. The summed E-state index contributed by atoms with van der Waals surface area (Å²) in [7, 11) is 0. The third-order valence-electron chi connectivity index (χ3n) is 3.35. The zero-order valence-electron chi connectivity index (χ0n) is 6.71. The van der Waals surface area contributed by atoms with Gasteiger partial charge in [0.15, 0.2) is 5.79 Å². The van der Waals surface area contributed by atoms with Gasteiger partial charge < -0.3 is 9.47 Å². The molecule has 2 nitrogen and oxygen atoms in total. The van der Waals surface area contributed by atoms with Gasteiger partial charge in [-0.05, 0) is 24.7 Å². The second kappa shape index (κ2) is 1.99. The second-order valence-electron chi connectivity index (χ2n) is 4.22. The molecule has 0 amide bonds. The minimum absolute atomic E-state index is 0.105. The minimum atomic E-state index is -0.105. The van der Waals surface area contributed by atoms with Crippen LogP contribution in [0.3, 0.4) is 0 Å². The van der Waals surface area contributed by atoms with Gasteiger partial charge in [-0.3, -0.25) is 0 Å². The van der Waals surface area contributed by atoms with Crippen molar-refractivity contribution in [2.75, 3.05) is 13.2 Å². The SMILES string of the molecule is C1COC2(CC3CC(C3)C2)O1. The summed E-state index contributed by atoms with van der Waals surface area (Å²) >= 11 is 0. The smallest absolute Gasteiger partial charge is 0.169 e. The van der Waals surface area contributed by atoms with Crippen LogP contribution in [0.15, 0.2) is 0 Å². The van der Waals surface area contributed by atoms with Crippen molar-refractivity contribution < 1.29 is 9.47 Å². The molecule has 3 aliphatic carbocycles. The van der Waals surface area contributed by atoms with Crippen molar-refractivity contribution >= 4 is 0 Å². The number of ether oxygens (including phenoxy) is 2. The molecular formula is C9H14O2. The molecule has 0 radical (unpaired) electrons. The average molecular weight is 154 g/mol. The summed E-state index contributed by atoms with van der Waals surface area (Å²) in [4.78, 5) is 0. The van der Waals surface area contributed by atoms with Crippen molar-refractivity contribution in [3.05, 3.63) is 0 Å². The fourth-order valence-electron chi connectivity index (χ4n) is 2.90. The highest BCUT2D eigenvalue weighted by Crippen LogP contribution is 2.52. The highest BCUT2D eigenvalue weighted by molar-refractivity contribution is 4.95. The molecule has 1 spiro atoms. The largest absolute Gasteiger partial charge is 0.348 e.